The molecule has 0 aliphatic carbocycles. The summed E-state index contributed by atoms with van der Waals surface area (Å²) in [7, 11) is 0. The molecule has 0 saturated heterocycles. The predicted octanol–water partition coefficient (Wildman–Crippen LogP) is 3.18. The van der Waals surface area contributed by atoms with Crippen LogP contribution in [0, 0.1) is 0 Å². The van der Waals surface area contributed by atoms with E-state index in [-0.39, 0.29) is 38.8 Å². The summed E-state index contributed by atoms with van der Waals surface area (Å²) in [6, 6.07) is 20.0. The Balaban J connectivity index is 1.54. The van der Waals surface area contributed by atoms with Crippen LogP contribution < -0.4 is 32.3 Å². The van der Waals surface area contributed by atoms with E-state index < -0.39 is 77.8 Å². The summed E-state index contributed by atoms with van der Waals surface area (Å²) in [5, 5.41) is 14.0. The lowest BCUT2D eigenvalue weighted by molar-refractivity contribution is -0.147. The van der Waals surface area contributed by atoms with Crippen molar-refractivity contribution in [2.75, 3.05) is 18.6 Å². The Labute approximate surface area is 359 Å². The summed E-state index contributed by atoms with van der Waals surface area (Å²) in [5.74, 6) is -4.14. The van der Waals surface area contributed by atoms with E-state index in [1.165, 1.54) is 11.8 Å². The van der Waals surface area contributed by atoms with Gasteiger partial charge < -0.3 is 46.8 Å². The molecular formula is C44H55N7O9S. The number of H-pyrrole nitrogens is 1. The Kier molecular flexibility index (Phi) is 18.2. The van der Waals surface area contributed by atoms with E-state index in [4.69, 9.17) is 15.2 Å². The van der Waals surface area contributed by atoms with Crippen LogP contribution in [0.2, 0.25) is 0 Å². The molecule has 17 heteroatoms. The van der Waals surface area contributed by atoms with Crippen molar-refractivity contribution < 1.29 is 43.0 Å². The molecule has 1 heterocycles. The Bertz CT molecular complexity index is 2110. The van der Waals surface area contributed by atoms with Crippen molar-refractivity contribution in [3.05, 3.63) is 108 Å². The average Bonchev–Trinajstić information content (AvgIpc) is 3.63. The molecule has 0 spiro atoms. The summed E-state index contributed by atoms with van der Waals surface area (Å²) in [4.78, 5) is 96.3. The van der Waals surface area contributed by atoms with E-state index >= 15 is 0 Å². The number of para-hydroxylation sites is 1. The minimum atomic E-state index is -1.54. The normalized spacial score (nSPS) is 13.1. The topological polar surface area (TPSA) is 240 Å². The van der Waals surface area contributed by atoms with Gasteiger partial charge in [-0.2, -0.15) is 11.8 Å². The zero-order valence-electron chi connectivity index (χ0n) is 34.8. The van der Waals surface area contributed by atoms with Crippen LogP contribution >= 0.6 is 11.8 Å². The van der Waals surface area contributed by atoms with Gasteiger partial charge in [-0.1, -0.05) is 78.9 Å². The largest absolute Gasteiger partial charge is 0.461 e. The number of hydrogen-bond donors (Lipinski definition) is 7. The van der Waals surface area contributed by atoms with E-state index in [9.17, 15) is 33.6 Å². The average molecular weight is 858 g/mol. The molecule has 3 aromatic carbocycles. The summed E-state index contributed by atoms with van der Waals surface area (Å²) >= 11 is 1.41. The van der Waals surface area contributed by atoms with Crippen LogP contribution in [0.1, 0.15) is 56.7 Å². The van der Waals surface area contributed by atoms with Crippen LogP contribution in [-0.4, -0.2) is 94.9 Å². The number of hydrogen-bond acceptors (Lipinski definition) is 10. The lowest BCUT2D eigenvalue weighted by atomic mass is 10.0. The van der Waals surface area contributed by atoms with Gasteiger partial charge >= 0.3 is 12.1 Å². The van der Waals surface area contributed by atoms with Gasteiger partial charge in [0.05, 0.1) is 6.42 Å². The van der Waals surface area contributed by atoms with E-state index in [2.05, 4.69) is 31.6 Å². The molecule has 326 valence electrons. The summed E-state index contributed by atoms with van der Waals surface area (Å²) < 4.78 is 10.7. The lowest BCUT2D eigenvalue weighted by Gasteiger charge is -2.26. The number of thioether (sulfide) groups is 1. The van der Waals surface area contributed by atoms with Crippen molar-refractivity contribution in [3.63, 3.8) is 0 Å². The van der Waals surface area contributed by atoms with Crippen molar-refractivity contribution in [3.8, 4) is 0 Å². The number of rotatable bonds is 22. The molecule has 4 aromatic rings. The van der Waals surface area contributed by atoms with Gasteiger partial charge in [0, 0.05) is 42.9 Å². The number of aromatic nitrogens is 1. The highest BCUT2D eigenvalue weighted by Crippen LogP contribution is 2.20. The molecule has 6 amide bonds. The van der Waals surface area contributed by atoms with Crippen molar-refractivity contribution in [1.82, 2.24) is 31.6 Å². The molecule has 0 aliphatic rings. The molecule has 16 nitrogen and oxygen atoms in total. The fraction of sp³-hybridized carbons (Fsp3) is 0.386. The Hall–Kier alpha value is -6.36. The molecule has 0 unspecified atom stereocenters. The fourth-order valence-electron chi connectivity index (χ4n) is 6.16. The first-order chi connectivity index (χ1) is 29.1. The van der Waals surface area contributed by atoms with E-state index in [0.29, 0.717) is 16.9 Å². The zero-order chi connectivity index (χ0) is 44.4. The number of ether oxygens (including phenoxy) is 2. The SMILES string of the molecule is CSCC[C@H](NC(=O)[C@H](Cc1c[nH]c2ccccc12)NC(=O)CCNC(=O)OC(C)(C)C)C(=O)N[C@H](CC(=O)OCc1ccccc1)C(=O)N[C@@H](Cc1ccccc1)C(N)=O. The Morgan fingerprint density at radius 3 is 1.97 bits per heavy atom. The number of esters is 1. The maximum atomic E-state index is 14.2. The van der Waals surface area contributed by atoms with Crippen LogP contribution in [0.5, 0.6) is 0 Å². The number of primary amides is 1. The molecule has 0 aliphatic heterocycles. The number of amides is 6. The third-order valence-corrected chi connectivity index (χ3v) is 9.85. The molecule has 61 heavy (non-hydrogen) atoms. The van der Waals surface area contributed by atoms with Crippen LogP contribution in [0.4, 0.5) is 4.79 Å². The smallest absolute Gasteiger partial charge is 0.407 e. The highest BCUT2D eigenvalue weighted by Gasteiger charge is 2.33. The monoisotopic (exact) mass is 857 g/mol. The van der Waals surface area contributed by atoms with Gasteiger partial charge in [0.25, 0.3) is 0 Å². The molecule has 4 atom stereocenters. The van der Waals surface area contributed by atoms with Crippen molar-refractivity contribution in [1.29, 1.82) is 0 Å². The third-order valence-electron chi connectivity index (χ3n) is 9.20. The van der Waals surface area contributed by atoms with Gasteiger partial charge in [0.2, 0.25) is 29.5 Å². The fourth-order valence-corrected chi connectivity index (χ4v) is 6.63. The van der Waals surface area contributed by atoms with E-state index in [0.717, 1.165) is 16.5 Å². The van der Waals surface area contributed by atoms with Gasteiger partial charge in [-0.05, 0) is 62.0 Å². The lowest BCUT2D eigenvalue weighted by Crippen LogP contribution is -2.59. The van der Waals surface area contributed by atoms with Crippen molar-refractivity contribution in [2.24, 2.45) is 5.73 Å². The second-order valence-corrected chi connectivity index (χ2v) is 16.3. The van der Waals surface area contributed by atoms with Crippen LogP contribution in [-0.2, 0) is 57.7 Å². The second-order valence-electron chi connectivity index (χ2n) is 15.3. The zero-order valence-corrected chi connectivity index (χ0v) is 35.6. The number of nitrogens with two attached hydrogens (primary N) is 1. The number of alkyl carbamates (subject to hydrolysis) is 1. The standard InChI is InChI=1S/C44H55N7O9S/c1-44(2,3)60-43(58)46-21-19-37(52)48-35(24-30-26-47-32-18-12-11-17-31(30)32)41(56)49-33(20-22-61-4)40(55)51-36(25-38(53)59-27-29-15-9-6-10-16-29)42(57)50-34(39(45)54)23-28-13-7-5-8-14-28/h5-18,26,33-36,47H,19-25,27H2,1-4H3,(H2,45,54)(H,46,58)(H,48,52)(H,49,56)(H,50,57)(H,51,55)/t33-,34-,35-,36+/m0/s1. The first-order valence-corrected chi connectivity index (χ1v) is 21.2. The van der Waals surface area contributed by atoms with Gasteiger partial charge in [-0.25, -0.2) is 4.79 Å². The molecule has 0 fully saturated rings. The Morgan fingerprint density at radius 1 is 0.721 bits per heavy atom. The first-order valence-electron chi connectivity index (χ1n) is 19.9. The van der Waals surface area contributed by atoms with Crippen LogP contribution in [0.25, 0.3) is 10.9 Å². The molecule has 1 aromatic heterocycles. The highest BCUT2D eigenvalue weighted by atomic mass is 32.2. The van der Waals surface area contributed by atoms with Crippen LogP contribution in [0.15, 0.2) is 91.1 Å². The minimum absolute atomic E-state index is 0.0339. The van der Waals surface area contributed by atoms with Gasteiger partial charge in [-0.3, -0.25) is 28.8 Å². The van der Waals surface area contributed by atoms with E-state index in [1.807, 2.05) is 36.6 Å². The van der Waals surface area contributed by atoms with Gasteiger partial charge in [0.15, 0.2) is 0 Å². The summed E-state index contributed by atoms with van der Waals surface area (Å²) in [5.41, 5.74) is 7.88. The quantitative estimate of drug-likeness (QED) is 0.0570. The molecular weight excluding hydrogens is 803 g/mol. The second kappa shape index (κ2) is 23.4. The maximum absolute atomic E-state index is 14.2. The van der Waals surface area contributed by atoms with Crippen LogP contribution in [0.3, 0.4) is 0 Å². The van der Waals surface area contributed by atoms with Crippen molar-refractivity contribution in [2.45, 2.75) is 89.3 Å². The molecule has 0 bridgehead atoms. The summed E-state index contributed by atoms with van der Waals surface area (Å²) in [6.07, 6.45) is 2.25. The predicted molar refractivity (Wildman–Crippen MR) is 232 cm³/mol. The number of aromatic amines is 1. The Morgan fingerprint density at radius 2 is 1.31 bits per heavy atom. The number of carbonyl (C=O) groups excluding carboxylic acids is 7. The van der Waals surface area contributed by atoms with Crippen molar-refractivity contribution >= 4 is 64.3 Å². The third kappa shape index (κ3) is 16.3. The minimum Gasteiger partial charge on any atom is -0.461 e. The van der Waals surface area contributed by atoms with Gasteiger partial charge in [-0.15, -0.1) is 0 Å². The number of benzene rings is 3. The van der Waals surface area contributed by atoms with E-state index in [1.54, 1.807) is 81.6 Å². The number of nitrogens with one attached hydrogen (secondary N) is 6. The molecule has 0 saturated carbocycles. The van der Waals surface area contributed by atoms with Gasteiger partial charge in [0.1, 0.15) is 36.4 Å². The number of fused-ring (bicyclic) bond motifs is 1. The first kappa shape index (κ1) is 47.3. The molecule has 8 N–H and O–H groups in total. The number of carbonyl (C=O) groups is 7. The molecule has 0 radical (unpaired) electrons. The highest BCUT2D eigenvalue weighted by molar-refractivity contribution is 7.98. The maximum Gasteiger partial charge on any atom is 0.407 e. The molecule has 4 rings (SSSR count). The summed E-state index contributed by atoms with van der Waals surface area (Å²) in [6.45, 7) is 4.97.